The van der Waals surface area contributed by atoms with E-state index in [0.29, 0.717) is 0 Å². The van der Waals surface area contributed by atoms with Gasteiger partial charge in [-0.15, -0.1) is 0 Å². The minimum absolute atomic E-state index is 1.18. The Morgan fingerprint density at radius 1 is 0.812 bits per heavy atom. The fourth-order valence-electron chi connectivity index (χ4n) is 2.65. The highest BCUT2D eigenvalue weighted by atomic mass is 14.1. The van der Waals surface area contributed by atoms with Gasteiger partial charge in [-0.1, -0.05) is 29.8 Å². The van der Waals surface area contributed by atoms with Crippen molar-refractivity contribution in [1.82, 2.24) is 0 Å². The predicted octanol–water partition coefficient (Wildman–Crippen LogP) is 2.81. The number of hydrogen-bond acceptors (Lipinski definition) is 0. The van der Waals surface area contributed by atoms with Crippen LogP contribution in [0.2, 0.25) is 0 Å². The summed E-state index contributed by atoms with van der Waals surface area (Å²) in [4.78, 5) is 0. The van der Waals surface area contributed by atoms with Crippen LogP contribution in [-0.4, -0.2) is 0 Å². The van der Waals surface area contributed by atoms with Crippen LogP contribution in [0.25, 0.3) is 22.9 Å². The van der Waals surface area contributed by atoms with Crippen molar-refractivity contribution in [3.63, 3.8) is 0 Å². The van der Waals surface area contributed by atoms with Crippen molar-refractivity contribution in [2.24, 2.45) is 0 Å². The summed E-state index contributed by atoms with van der Waals surface area (Å²) < 4.78 is 0. The van der Waals surface area contributed by atoms with Gasteiger partial charge >= 0.3 is 0 Å². The maximum absolute atomic E-state index is 2.36. The second-order valence-corrected chi connectivity index (χ2v) is 4.77. The minimum Gasteiger partial charge on any atom is -0.0763 e. The van der Waals surface area contributed by atoms with E-state index in [0.717, 1.165) is 0 Å². The first-order valence-corrected chi connectivity index (χ1v) is 5.95. The molecule has 0 saturated carbocycles. The van der Waals surface area contributed by atoms with Gasteiger partial charge < -0.3 is 0 Å². The lowest BCUT2D eigenvalue weighted by Crippen LogP contribution is -2.26. The van der Waals surface area contributed by atoms with E-state index in [9.17, 15) is 0 Å². The Bertz CT molecular complexity index is 675. The first kappa shape index (κ1) is 9.65. The monoisotopic (exact) mass is 208 g/mol. The van der Waals surface area contributed by atoms with Gasteiger partial charge in [0.15, 0.2) is 0 Å². The van der Waals surface area contributed by atoms with Gasteiger partial charge in [0.2, 0.25) is 0 Å². The van der Waals surface area contributed by atoms with Crippen molar-refractivity contribution in [3.05, 3.63) is 45.8 Å². The highest BCUT2D eigenvalue weighted by Crippen LogP contribution is 2.17. The topological polar surface area (TPSA) is 0 Å². The summed E-state index contributed by atoms with van der Waals surface area (Å²) in [6.07, 6.45) is 7.08. The molecular formula is C16H16. The molecule has 0 aliphatic heterocycles. The van der Waals surface area contributed by atoms with Crippen molar-refractivity contribution in [1.29, 1.82) is 0 Å². The number of hydrogen-bond donors (Lipinski definition) is 0. The average molecular weight is 208 g/mol. The summed E-state index contributed by atoms with van der Waals surface area (Å²) in [6, 6.07) is 9.22. The summed E-state index contributed by atoms with van der Waals surface area (Å²) >= 11 is 0. The molecule has 2 aromatic rings. The van der Waals surface area contributed by atoms with Crippen LogP contribution >= 0.6 is 0 Å². The molecule has 16 heavy (non-hydrogen) atoms. The maximum Gasteiger partial charge on any atom is -0.0148 e. The standard InChI is InChI=1S/C16H16/c1-11-7-12(2)16-10-14-6-4-3-5-13(14)9-15(16)8-11/h5-10H,3-4H2,1-2H3. The van der Waals surface area contributed by atoms with E-state index in [4.69, 9.17) is 0 Å². The first-order valence-electron chi connectivity index (χ1n) is 5.95. The van der Waals surface area contributed by atoms with E-state index in [1.54, 1.807) is 0 Å². The van der Waals surface area contributed by atoms with Gasteiger partial charge in [-0.3, -0.25) is 0 Å². The summed E-state index contributed by atoms with van der Waals surface area (Å²) in [5.41, 5.74) is 2.74. The van der Waals surface area contributed by atoms with E-state index < -0.39 is 0 Å². The Kier molecular flexibility index (Phi) is 2.10. The molecule has 2 aromatic carbocycles. The molecule has 1 aliphatic carbocycles. The SMILES string of the molecule is Cc1cc(C)c2cc3c(cc2c1)=CCCC=3. The first-order chi connectivity index (χ1) is 7.74. The van der Waals surface area contributed by atoms with Crippen molar-refractivity contribution in [3.8, 4) is 0 Å². The fourth-order valence-corrected chi connectivity index (χ4v) is 2.65. The minimum atomic E-state index is 1.18. The molecule has 0 heterocycles. The largest absolute Gasteiger partial charge is 0.0763 e. The van der Waals surface area contributed by atoms with Crippen molar-refractivity contribution in [2.45, 2.75) is 26.7 Å². The zero-order chi connectivity index (χ0) is 11.1. The molecule has 80 valence electrons. The molecule has 1 aliphatic rings. The third-order valence-electron chi connectivity index (χ3n) is 3.40. The number of benzene rings is 2. The normalized spacial score (nSPS) is 14.1. The molecule has 0 aromatic heterocycles. The summed E-state index contributed by atoms with van der Waals surface area (Å²) in [7, 11) is 0. The molecule has 0 nitrogen and oxygen atoms in total. The van der Waals surface area contributed by atoms with Crippen LogP contribution in [0.5, 0.6) is 0 Å². The van der Waals surface area contributed by atoms with Crippen LogP contribution in [0.1, 0.15) is 24.0 Å². The molecule has 0 N–H and O–H groups in total. The number of fused-ring (bicyclic) bond motifs is 2. The smallest absolute Gasteiger partial charge is 0.0148 e. The Labute approximate surface area is 95.9 Å². The second kappa shape index (κ2) is 3.48. The molecule has 0 heteroatoms. The zero-order valence-corrected chi connectivity index (χ0v) is 9.88. The third kappa shape index (κ3) is 1.46. The van der Waals surface area contributed by atoms with Crippen molar-refractivity contribution >= 4 is 22.9 Å². The Balaban J connectivity index is 2.50. The Hall–Kier alpha value is -1.56. The molecule has 0 amide bonds. The van der Waals surface area contributed by atoms with Crippen LogP contribution in [0.4, 0.5) is 0 Å². The van der Waals surface area contributed by atoms with Gasteiger partial charge in [-0.05, 0) is 65.6 Å². The zero-order valence-electron chi connectivity index (χ0n) is 9.88. The predicted molar refractivity (Wildman–Crippen MR) is 70.8 cm³/mol. The second-order valence-electron chi connectivity index (χ2n) is 4.77. The molecular weight excluding hydrogens is 192 g/mol. The van der Waals surface area contributed by atoms with Gasteiger partial charge in [-0.25, -0.2) is 0 Å². The van der Waals surface area contributed by atoms with Crippen LogP contribution in [0, 0.1) is 13.8 Å². The Morgan fingerprint density at radius 3 is 2.25 bits per heavy atom. The lowest BCUT2D eigenvalue weighted by molar-refractivity contribution is 1.12. The van der Waals surface area contributed by atoms with Gasteiger partial charge in [-0.2, -0.15) is 0 Å². The van der Waals surface area contributed by atoms with Crippen LogP contribution in [-0.2, 0) is 0 Å². The highest BCUT2D eigenvalue weighted by molar-refractivity contribution is 5.86. The number of aryl methyl sites for hydroxylation is 2. The van der Waals surface area contributed by atoms with Gasteiger partial charge in [0.25, 0.3) is 0 Å². The average Bonchev–Trinajstić information content (AvgIpc) is 2.27. The van der Waals surface area contributed by atoms with Gasteiger partial charge in [0.05, 0.1) is 0 Å². The lowest BCUT2D eigenvalue weighted by atomic mass is 9.98. The van der Waals surface area contributed by atoms with Crippen LogP contribution < -0.4 is 10.4 Å². The molecule has 0 atom stereocenters. The molecule has 0 spiro atoms. The summed E-state index contributed by atoms with van der Waals surface area (Å²) in [6.45, 7) is 4.37. The van der Waals surface area contributed by atoms with E-state index in [1.165, 1.54) is 45.2 Å². The van der Waals surface area contributed by atoms with E-state index >= 15 is 0 Å². The summed E-state index contributed by atoms with van der Waals surface area (Å²) in [5, 5.41) is 5.59. The highest BCUT2D eigenvalue weighted by Gasteiger charge is 2.01. The van der Waals surface area contributed by atoms with E-state index in [1.807, 2.05) is 0 Å². The van der Waals surface area contributed by atoms with Crippen molar-refractivity contribution in [2.75, 3.05) is 0 Å². The molecule has 0 bridgehead atoms. The van der Waals surface area contributed by atoms with Crippen LogP contribution in [0.15, 0.2) is 24.3 Å². The lowest BCUT2D eigenvalue weighted by Gasteiger charge is -2.07. The molecule has 0 saturated heterocycles. The maximum atomic E-state index is 2.36. The third-order valence-corrected chi connectivity index (χ3v) is 3.40. The van der Waals surface area contributed by atoms with Crippen LogP contribution in [0.3, 0.4) is 0 Å². The van der Waals surface area contributed by atoms with Crippen molar-refractivity contribution < 1.29 is 0 Å². The van der Waals surface area contributed by atoms with E-state index in [-0.39, 0.29) is 0 Å². The molecule has 0 fully saturated rings. The molecule has 0 unspecified atom stereocenters. The number of rotatable bonds is 0. The Morgan fingerprint density at radius 2 is 1.50 bits per heavy atom. The quantitative estimate of drug-likeness (QED) is 0.624. The fraction of sp³-hybridized carbons (Fsp3) is 0.250. The van der Waals surface area contributed by atoms with Gasteiger partial charge in [0.1, 0.15) is 0 Å². The molecule has 0 radical (unpaired) electrons. The van der Waals surface area contributed by atoms with Gasteiger partial charge in [0, 0.05) is 0 Å². The molecule has 3 rings (SSSR count). The van der Waals surface area contributed by atoms with E-state index in [2.05, 4.69) is 50.3 Å². The summed E-state index contributed by atoms with van der Waals surface area (Å²) in [5.74, 6) is 0.